The van der Waals surface area contributed by atoms with Crippen molar-refractivity contribution in [2.75, 3.05) is 0 Å². The molecule has 0 bridgehead atoms. The van der Waals surface area contributed by atoms with E-state index in [-0.39, 0.29) is 5.82 Å². The standard InChI is InChI=1S/C22H17FN2/c23-19-12-13-21-20(15-19)24-22(14-11-17-7-3-1-4-8-17)25(21)16-18-9-5-2-6-10-18/h1-15H,16H2/b14-11+. The lowest BCUT2D eigenvalue weighted by atomic mass is 10.2. The normalized spacial score (nSPS) is 11.4. The molecule has 0 amide bonds. The minimum atomic E-state index is -0.268. The Morgan fingerprint density at radius 1 is 0.840 bits per heavy atom. The summed E-state index contributed by atoms with van der Waals surface area (Å²) in [6, 6.07) is 25.0. The van der Waals surface area contributed by atoms with Crippen molar-refractivity contribution in [3.63, 3.8) is 0 Å². The predicted octanol–water partition coefficient (Wildman–Crippen LogP) is 5.39. The molecule has 3 aromatic carbocycles. The molecule has 0 aliphatic carbocycles. The number of nitrogens with zero attached hydrogens (tertiary/aromatic N) is 2. The summed E-state index contributed by atoms with van der Waals surface area (Å²) in [4.78, 5) is 4.62. The minimum absolute atomic E-state index is 0.268. The van der Waals surface area contributed by atoms with Gasteiger partial charge >= 0.3 is 0 Å². The fourth-order valence-electron chi connectivity index (χ4n) is 2.92. The van der Waals surface area contributed by atoms with Crippen LogP contribution in [0.4, 0.5) is 4.39 Å². The molecule has 0 unspecified atom stereocenters. The van der Waals surface area contributed by atoms with Gasteiger partial charge in [0.05, 0.1) is 11.0 Å². The molecular formula is C22H17FN2. The van der Waals surface area contributed by atoms with Crippen molar-refractivity contribution in [3.05, 3.63) is 102 Å². The summed E-state index contributed by atoms with van der Waals surface area (Å²) in [5.41, 5.74) is 3.88. The van der Waals surface area contributed by atoms with E-state index in [1.54, 1.807) is 6.07 Å². The second-order valence-corrected chi connectivity index (χ2v) is 5.92. The molecule has 1 aromatic heterocycles. The number of benzene rings is 3. The van der Waals surface area contributed by atoms with Gasteiger partial charge in [0.15, 0.2) is 0 Å². The van der Waals surface area contributed by atoms with Gasteiger partial charge in [0, 0.05) is 12.6 Å². The maximum Gasteiger partial charge on any atom is 0.134 e. The second kappa shape index (κ2) is 6.73. The van der Waals surface area contributed by atoms with Crippen LogP contribution in [0.25, 0.3) is 23.2 Å². The van der Waals surface area contributed by atoms with Crippen molar-refractivity contribution in [2.24, 2.45) is 0 Å². The van der Waals surface area contributed by atoms with E-state index in [0.717, 1.165) is 16.9 Å². The summed E-state index contributed by atoms with van der Waals surface area (Å²) in [7, 11) is 0. The fourth-order valence-corrected chi connectivity index (χ4v) is 2.92. The van der Waals surface area contributed by atoms with Crippen molar-refractivity contribution in [1.82, 2.24) is 9.55 Å². The Hall–Kier alpha value is -3.20. The van der Waals surface area contributed by atoms with Crippen LogP contribution in [0.1, 0.15) is 17.0 Å². The first-order chi connectivity index (χ1) is 12.3. The molecule has 1 heterocycles. The summed E-state index contributed by atoms with van der Waals surface area (Å²) in [5, 5.41) is 0. The molecule has 0 saturated heterocycles. The van der Waals surface area contributed by atoms with Crippen LogP contribution in [-0.4, -0.2) is 9.55 Å². The van der Waals surface area contributed by atoms with E-state index in [4.69, 9.17) is 0 Å². The molecule has 0 radical (unpaired) electrons. The largest absolute Gasteiger partial charge is 0.320 e. The van der Waals surface area contributed by atoms with Crippen LogP contribution in [0.2, 0.25) is 0 Å². The van der Waals surface area contributed by atoms with Gasteiger partial charge in [0.2, 0.25) is 0 Å². The van der Waals surface area contributed by atoms with Crippen LogP contribution < -0.4 is 0 Å². The van der Waals surface area contributed by atoms with Gasteiger partial charge in [-0.2, -0.15) is 0 Å². The molecule has 3 heteroatoms. The number of rotatable bonds is 4. The van der Waals surface area contributed by atoms with Gasteiger partial charge in [0.1, 0.15) is 11.6 Å². The smallest absolute Gasteiger partial charge is 0.134 e. The number of hydrogen-bond acceptors (Lipinski definition) is 1. The number of aromatic nitrogens is 2. The van der Waals surface area contributed by atoms with Crippen molar-refractivity contribution in [1.29, 1.82) is 0 Å². The highest BCUT2D eigenvalue weighted by Crippen LogP contribution is 2.21. The third-order valence-electron chi connectivity index (χ3n) is 4.15. The summed E-state index contributed by atoms with van der Waals surface area (Å²) < 4.78 is 15.7. The highest BCUT2D eigenvalue weighted by Gasteiger charge is 2.10. The molecule has 122 valence electrons. The van der Waals surface area contributed by atoms with E-state index in [0.29, 0.717) is 12.1 Å². The average molecular weight is 328 g/mol. The topological polar surface area (TPSA) is 17.8 Å². The Balaban J connectivity index is 1.79. The zero-order valence-electron chi connectivity index (χ0n) is 13.6. The first kappa shape index (κ1) is 15.3. The lowest BCUT2D eigenvalue weighted by Gasteiger charge is -2.07. The summed E-state index contributed by atoms with van der Waals surface area (Å²) in [6.07, 6.45) is 4.01. The predicted molar refractivity (Wildman–Crippen MR) is 101 cm³/mol. The Bertz CT molecular complexity index is 1020. The Labute approximate surface area is 145 Å². The lowest BCUT2D eigenvalue weighted by Crippen LogP contribution is -2.02. The van der Waals surface area contributed by atoms with E-state index in [1.165, 1.54) is 17.7 Å². The van der Waals surface area contributed by atoms with Gasteiger partial charge in [-0.3, -0.25) is 0 Å². The second-order valence-electron chi connectivity index (χ2n) is 5.92. The molecular weight excluding hydrogens is 311 g/mol. The summed E-state index contributed by atoms with van der Waals surface area (Å²) in [5.74, 6) is 0.545. The molecule has 0 aliphatic rings. The third kappa shape index (κ3) is 3.36. The van der Waals surface area contributed by atoms with Crippen molar-refractivity contribution in [3.8, 4) is 0 Å². The maximum absolute atomic E-state index is 13.6. The van der Waals surface area contributed by atoms with E-state index in [1.807, 2.05) is 60.7 Å². The van der Waals surface area contributed by atoms with E-state index >= 15 is 0 Å². The van der Waals surface area contributed by atoms with Crippen molar-refractivity contribution in [2.45, 2.75) is 6.54 Å². The molecule has 0 atom stereocenters. The SMILES string of the molecule is Fc1ccc2c(c1)nc(/C=C/c1ccccc1)n2Cc1ccccc1. The van der Waals surface area contributed by atoms with Crippen LogP contribution in [-0.2, 0) is 6.54 Å². The lowest BCUT2D eigenvalue weighted by molar-refractivity contribution is 0.629. The number of halogens is 1. The Morgan fingerprint density at radius 2 is 1.56 bits per heavy atom. The van der Waals surface area contributed by atoms with Crippen molar-refractivity contribution < 1.29 is 4.39 Å². The van der Waals surface area contributed by atoms with Gasteiger partial charge in [0.25, 0.3) is 0 Å². The molecule has 0 N–H and O–H groups in total. The molecule has 25 heavy (non-hydrogen) atoms. The van der Waals surface area contributed by atoms with E-state index in [9.17, 15) is 4.39 Å². The van der Waals surface area contributed by atoms with Crippen LogP contribution in [0.5, 0.6) is 0 Å². The maximum atomic E-state index is 13.6. The van der Waals surface area contributed by atoms with Crippen LogP contribution in [0.15, 0.2) is 78.9 Å². The molecule has 0 saturated carbocycles. The molecule has 0 spiro atoms. The number of fused-ring (bicyclic) bond motifs is 1. The molecule has 4 rings (SSSR count). The zero-order chi connectivity index (χ0) is 17.1. The molecule has 0 aliphatic heterocycles. The fraction of sp³-hybridized carbons (Fsp3) is 0.0455. The van der Waals surface area contributed by atoms with Gasteiger partial charge < -0.3 is 4.57 Å². The van der Waals surface area contributed by atoms with Crippen molar-refractivity contribution >= 4 is 23.2 Å². The highest BCUT2D eigenvalue weighted by atomic mass is 19.1. The summed E-state index contributed by atoms with van der Waals surface area (Å²) >= 11 is 0. The first-order valence-corrected chi connectivity index (χ1v) is 8.22. The molecule has 2 nitrogen and oxygen atoms in total. The summed E-state index contributed by atoms with van der Waals surface area (Å²) in [6.45, 7) is 0.692. The van der Waals surface area contributed by atoms with Gasteiger partial charge in [-0.25, -0.2) is 9.37 Å². The first-order valence-electron chi connectivity index (χ1n) is 8.22. The van der Waals surface area contributed by atoms with Gasteiger partial charge in [-0.15, -0.1) is 0 Å². The monoisotopic (exact) mass is 328 g/mol. The number of imidazole rings is 1. The zero-order valence-corrected chi connectivity index (χ0v) is 13.6. The van der Waals surface area contributed by atoms with Crippen LogP contribution in [0, 0.1) is 5.82 Å². The average Bonchev–Trinajstić information content (AvgIpc) is 2.98. The van der Waals surface area contributed by atoms with Gasteiger partial charge in [-0.1, -0.05) is 66.7 Å². The quantitative estimate of drug-likeness (QED) is 0.491. The molecule has 0 fully saturated rings. The minimum Gasteiger partial charge on any atom is -0.320 e. The highest BCUT2D eigenvalue weighted by molar-refractivity contribution is 5.80. The van der Waals surface area contributed by atoms with Crippen LogP contribution >= 0.6 is 0 Å². The van der Waals surface area contributed by atoms with Gasteiger partial charge in [-0.05, 0) is 29.3 Å². The van der Waals surface area contributed by atoms with E-state index in [2.05, 4.69) is 21.7 Å². The Morgan fingerprint density at radius 3 is 2.32 bits per heavy atom. The number of hydrogen-bond donors (Lipinski definition) is 0. The third-order valence-corrected chi connectivity index (χ3v) is 4.15. The molecule has 4 aromatic rings. The van der Waals surface area contributed by atoms with Crippen LogP contribution in [0.3, 0.4) is 0 Å². The Kier molecular flexibility index (Phi) is 4.13. The van der Waals surface area contributed by atoms with E-state index < -0.39 is 0 Å².